The molecular formula is C36H44N4O9. The summed E-state index contributed by atoms with van der Waals surface area (Å²) in [6.07, 6.45) is 3.48. The molecule has 4 rings (SSSR count). The summed E-state index contributed by atoms with van der Waals surface area (Å²) in [6.45, 7) is 13.2. The van der Waals surface area contributed by atoms with Crippen LogP contribution >= 0.6 is 0 Å². The second-order valence-electron chi connectivity index (χ2n) is 13.1. The zero-order valence-corrected chi connectivity index (χ0v) is 28.9. The first-order chi connectivity index (χ1) is 23.1. The van der Waals surface area contributed by atoms with Gasteiger partial charge in [-0.2, -0.15) is 0 Å². The number of hydrogen-bond donors (Lipinski definition) is 5. The number of nitrogens with one attached hydrogen (secondary N) is 3. The standard InChI is InChI=1S/C36H44N4O9/c1-17-13-18(2)31(19(3)14-17)49-36(47)30-22(6)27(16-26-20(4)21(5)32(38-26)37-23(7)41)39-33(30)40-29(42)9-8-12-48-28-11-10-24(34(43)44)15-25(28)35(45)46/h10-11,15-19,31,38H,8-9,12-14H2,1-7H3,(H,37,41)(H,43,44)(H,45,46)(H,39,40,42)/b27-16-. The van der Waals surface area contributed by atoms with Crippen molar-refractivity contribution in [1.29, 1.82) is 0 Å². The van der Waals surface area contributed by atoms with E-state index in [4.69, 9.17) is 14.6 Å². The van der Waals surface area contributed by atoms with E-state index < -0.39 is 23.8 Å². The van der Waals surface area contributed by atoms with Gasteiger partial charge < -0.3 is 35.3 Å². The third kappa shape index (κ3) is 8.64. The number of benzene rings is 1. The molecule has 1 aliphatic carbocycles. The number of rotatable bonds is 11. The molecular weight excluding hydrogens is 632 g/mol. The number of amides is 2. The van der Waals surface area contributed by atoms with Crippen LogP contribution in [-0.4, -0.2) is 63.5 Å². The molecule has 0 bridgehead atoms. The summed E-state index contributed by atoms with van der Waals surface area (Å²) in [4.78, 5) is 69.3. The molecule has 0 radical (unpaired) electrons. The maximum atomic E-state index is 13.8. The molecule has 1 aliphatic heterocycles. The molecule has 5 N–H and O–H groups in total. The number of carboxylic acid groups (broad SMARTS) is 2. The quantitative estimate of drug-likeness (QED) is 0.148. The monoisotopic (exact) mass is 676 g/mol. The van der Waals surface area contributed by atoms with E-state index in [0.717, 1.165) is 30.0 Å². The van der Waals surface area contributed by atoms with Crippen LogP contribution in [0.2, 0.25) is 0 Å². The van der Waals surface area contributed by atoms with Gasteiger partial charge in [-0.15, -0.1) is 0 Å². The molecule has 2 aromatic rings. The molecule has 2 amide bonds. The van der Waals surface area contributed by atoms with Gasteiger partial charge >= 0.3 is 17.9 Å². The highest BCUT2D eigenvalue weighted by atomic mass is 16.5. The number of H-pyrrole nitrogens is 1. The molecule has 49 heavy (non-hydrogen) atoms. The van der Waals surface area contributed by atoms with Crippen molar-refractivity contribution < 1.29 is 43.7 Å². The second-order valence-corrected chi connectivity index (χ2v) is 13.1. The van der Waals surface area contributed by atoms with Crippen molar-refractivity contribution in [2.75, 3.05) is 11.9 Å². The zero-order valence-electron chi connectivity index (χ0n) is 28.9. The highest BCUT2D eigenvalue weighted by Gasteiger charge is 2.37. The van der Waals surface area contributed by atoms with Crippen molar-refractivity contribution in [3.63, 3.8) is 0 Å². The summed E-state index contributed by atoms with van der Waals surface area (Å²) in [5.74, 6) is -2.42. The first-order valence-corrected chi connectivity index (χ1v) is 16.3. The van der Waals surface area contributed by atoms with Crippen molar-refractivity contribution in [2.45, 2.75) is 80.3 Å². The summed E-state index contributed by atoms with van der Waals surface area (Å²) >= 11 is 0. The number of carboxylic acids is 2. The average Bonchev–Trinajstić information content (AvgIpc) is 3.45. The van der Waals surface area contributed by atoms with Crippen LogP contribution in [0.15, 0.2) is 40.0 Å². The molecule has 2 heterocycles. The molecule has 13 nitrogen and oxygen atoms in total. The van der Waals surface area contributed by atoms with Crippen LogP contribution in [-0.2, 0) is 19.1 Å². The number of carbonyl (C=O) groups is 5. The van der Waals surface area contributed by atoms with Crippen LogP contribution in [0.25, 0.3) is 6.08 Å². The molecule has 0 spiro atoms. The largest absolute Gasteiger partial charge is 0.493 e. The van der Waals surface area contributed by atoms with E-state index >= 15 is 0 Å². The lowest BCUT2D eigenvalue weighted by molar-refractivity contribution is -0.152. The summed E-state index contributed by atoms with van der Waals surface area (Å²) in [6, 6.07) is 3.51. The maximum absolute atomic E-state index is 13.8. The number of carbonyl (C=O) groups excluding carboxylic acids is 3. The number of anilines is 1. The lowest BCUT2D eigenvalue weighted by Crippen LogP contribution is -2.40. The van der Waals surface area contributed by atoms with E-state index in [1.807, 2.05) is 13.8 Å². The Morgan fingerprint density at radius 3 is 2.27 bits per heavy atom. The van der Waals surface area contributed by atoms with Gasteiger partial charge in [0.05, 0.1) is 17.9 Å². The van der Waals surface area contributed by atoms with Gasteiger partial charge in [0.1, 0.15) is 34.6 Å². The Balaban J connectivity index is 1.53. The second kappa shape index (κ2) is 15.3. The van der Waals surface area contributed by atoms with Gasteiger partial charge in [-0.1, -0.05) is 20.8 Å². The average molecular weight is 677 g/mol. The number of ether oxygens (including phenoxy) is 2. The SMILES string of the molecule is CC(=O)Nc1[nH]c(/C=C2\N=C(NC(=O)CCCOc3ccc(C(=O)O)cc3C(=O)O)C(C(=O)OC3C(C)CC(C)CC3C)=C2C)c(C)c1C. The maximum Gasteiger partial charge on any atom is 0.342 e. The molecule has 2 aliphatic rings. The lowest BCUT2D eigenvalue weighted by Gasteiger charge is -2.37. The Labute approximate surface area is 284 Å². The van der Waals surface area contributed by atoms with Crippen LogP contribution in [0.1, 0.15) is 97.8 Å². The van der Waals surface area contributed by atoms with E-state index in [9.17, 15) is 29.1 Å². The number of nitrogens with zero attached hydrogens (tertiary/aromatic N) is 1. The number of hydrogen-bond acceptors (Lipinski definition) is 8. The van der Waals surface area contributed by atoms with Gasteiger partial charge in [0.2, 0.25) is 11.8 Å². The van der Waals surface area contributed by atoms with Crippen LogP contribution in [0.5, 0.6) is 5.75 Å². The summed E-state index contributed by atoms with van der Waals surface area (Å²) in [5, 5.41) is 24.2. The highest BCUT2D eigenvalue weighted by Crippen LogP contribution is 2.37. The van der Waals surface area contributed by atoms with E-state index in [-0.39, 0.29) is 71.6 Å². The minimum absolute atomic E-state index is 0.0199. The fourth-order valence-electron chi connectivity index (χ4n) is 6.52. The highest BCUT2D eigenvalue weighted by molar-refractivity contribution is 6.25. The van der Waals surface area contributed by atoms with Crippen LogP contribution in [0, 0.1) is 31.6 Å². The van der Waals surface area contributed by atoms with E-state index in [1.54, 1.807) is 13.0 Å². The van der Waals surface area contributed by atoms with Crippen molar-refractivity contribution in [3.05, 3.63) is 63.0 Å². The zero-order chi connectivity index (χ0) is 36.2. The van der Waals surface area contributed by atoms with Gasteiger partial charge in [-0.3, -0.25) is 9.59 Å². The number of amidine groups is 1. The van der Waals surface area contributed by atoms with Gasteiger partial charge in [0, 0.05) is 19.0 Å². The Hall–Kier alpha value is -5.20. The third-order valence-electron chi connectivity index (χ3n) is 9.05. The molecule has 262 valence electrons. The van der Waals surface area contributed by atoms with E-state index in [0.29, 0.717) is 28.7 Å². The topological polar surface area (TPSA) is 196 Å². The molecule has 1 saturated carbocycles. The van der Waals surface area contributed by atoms with Crippen LogP contribution in [0.4, 0.5) is 5.82 Å². The Morgan fingerprint density at radius 2 is 1.65 bits per heavy atom. The molecule has 1 fully saturated rings. The normalized spacial score (nSPS) is 21.3. The molecule has 1 aromatic carbocycles. The molecule has 2 atom stereocenters. The summed E-state index contributed by atoms with van der Waals surface area (Å²) < 4.78 is 11.7. The number of aromatic nitrogens is 1. The number of aromatic amines is 1. The Kier molecular flexibility index (Phi) is 11.5. The summed E-state index contributed by atoms with van der Waals surface area (Å²) in [7, 11) is 0. The van der Waals surface area contributed by atoms with Crippen molar-refractivity contribution >= 4 is 47.5 Å². The van der Waals surface area contributed by atoms with E-state index in [2.05, 4.69) is 41.4 Å². The summed E-state index contributed by atoms with van der Waals surface area (Å²) in [5.41, 5.74) is 3.02. The minimum atomic E-state index is -1.34. The number of aromatic carboxylic acids is 2. The van der Waals surface area contributed by atoms with Crippen molar-refractivity contribution in [1.82, 2.24) is 10.3 Å². The van der Waals surface area contributed by atoms with Crippen molar-refractivity contribution in [2.24, 2.45) is 22.7 Å². The molecule has 1 aromatic heterocycles. The number of esters is 1. The van der Waals surface area contributed by atoms with Crippen LogP contribution < -0.4 is 15.4 Å². The molecule has 13 heteroatoms. The Bertz CT molecular complexity index is 1750. The predicted octanol–water partition coefficient (Wildman–Crippen LogP) is 5.65. The predicted molar refractivity (Wildman–Crippen MR) is 183 cm³/mol. The minimum Gasteiger partial charge on any atom is -0.493 e. The van der Waals surface area contributed by atoms with Crippen LogP contribution in [0.3, 0.4) is 0 Å². The fourth-order valence-corrected chi connectivity index (χ4v) is 6.52. The Morgan fingerprint density at radius 1 is 0.980 bits per heavy atom. The van der Waals surface area contributed by atoms with Gasteiger partial charge in [-0.05, 0) is 98.8 Å². The van der Waals surface area contributed by atoms with Gasteiger partial charge in [0.25, 0.3) is 0 Å². The number of aliphatic imine (C=N–C) groups is 1. The first kappa shape index (κ1) is 36.6. The van der Waals surface area contributed by atoms with Gasteiger partial charge in [0.15, 0.2) is 0 Å². The molecule has 2 unspecified atom stereocenters. The van der Waals surface area contributed by atoms with Gasteiger partial charge in [-0.25, -0.2) is 19.4 Å². The molecule has 0 saturated heterocycles. The van der Waals surface area contributed by atoms with E-state index in [1.165, 1.54) is 19.1 Å². The number of allylic oxidation sites excluding steroid dienone is 1. The first-order valence-electron chi connectivity index (χ1n) is 16.3. The fraction of sp³-hybridized carbons (Fsp3) is 0.444. The lowest BCUT2D eigenvalue weighted by atomic mass is 9.75. The third-order valence-corrected chi connectivity index (χ3v) is 9.05. The van der Waals surface area contributed by atoms with Crippen molar-refractivity contribution in [3.8, 4) is 5.75 Å². The smallest absolute Gasteiger partial charge is 0.342 e.